The number of rotatable bonds is 2. The van der Waals surface area contributed by atoms with Crippen LogP contribution < -0.4 is 0 Å². The molecule has 1 aromatic rings. The quantitative estimate of drug-likeness (QED) is 0.611. The third-order valence-corrected chi connectivity index (χ3v) is 2.00. The summed E-state index contributed by atoms with van der Waals surface area (Å²) >= 11 is 8.44. The van der Waals surface area contributed by atoms with Gasteiger partial charge in [0.15, 0.2) is 0 Å². The van der Waals surface area contributed by atoms with E-state index in [1.807, 2.05) is 0 Å². The first kappa shape index (κ1) is 10.5. The van der Waals surface area contributed by atoms with Crippen LogP contribution in [-0.2, 0) is 0 Å². The van der Waals surface area contributed by atoms with Gasteiger partial charge in [-0.3, -0.25) is 4.79 Å². The molecule has 0 aliphatic rings. The highest BCUT2D eigenvalue weighted by Gasteiger charge is 2.21. The zero-order valence-corrected chi connectivity index (χ0v) is 8.44. The molecule has 2 nitrogen and oxygen atoms in total. The number of Topliss-reactive ketones (excluding diaryl/α,β-unsaturated/α-hetero) is 1. The fourth-order valence-corrected chi connectivity index (χ4v) is 1.24. The van der Waals surface area contributed by atoms with E-state index in [4.69, 9.17) is 11.6 Å². The Balaban J connectivity index is 3.13. The van der Waals surface area contributed by atoms with Crippen LogP contribution in [-0.4, -0.2) is 17.2 Å². The van der Waals surface area contributed by atoms with Gasteiger partial charge in [-0.25, -0.2) is 13.8 Å². The van der Waals surface area contributed by atoms with E-state index in [-0.39, 0.29) is 10.7 Å². The van der Waals surface area contributed by atoms with Gasteiger partial charge >= 0.3 is 6.43 Å². The van der Waals surface area contributed by atoms with Gasteiger partial charge in [0.05, 0.1) is 5.56 Å². The predicted octanol–water partition coefficient (Wildman–Crippen LogP) is 2.95. The summed E-state index contributed by atoms with van der Waals surface area (Å²) in [6.07, 6.45) is -1.74. The normalized spacial score (nSPS) is 10.5. The molecule has 0 amide bonds. The smallest absolute Gasteiger partial charge is 0.288 e. The lowest BCUT2D eigenvalue weighted by Crippen LogP contribution is -2.11. The summed E-state index contributed by atoms with van der Waals surface area (Å²) < 4.78 is 24.4. The minimum Gasteiger partial charge on any atom is -0.288 e. The maximum Gasteiger partial charge on any atom is 0.300 e. The summed E-state index contributed by atoms with van der Waals surface area (Å²) in [7, 11) is 0. The second-order valence-corrected chi connectivity index (χ2v) is 3.43. The van der Waals surface area contributed by atoms with Crippen LogP contribution in [0.3, 0.4) is 0 Å². The Morgan fingerprint density at radius 3 is 2.77 bits per heavy atom. The van der Waals surface area contributed by atoms with Crippen LogP contribution in [0, 0.1) is 0 Å². The Labute approximate surface area is 86.0 Å². The van der Waals surface area contributed by atoms with Crippen LogP contribution in [0.5, 0.6) is 0 Å². The molecule has 1 aromatic heterocycles. The number of aromatic nitrogens is 1. The summed E-state index contributed by atoms with van der Waals surface area (Å²) in [6, 6.07) is 1.21. The molecular formula is C7H3BrClF2NO. The largest absolute Gasteiger partial charge is 0.300 e. The first-order chi connectivity index (χ1) is 6.02. The monoisotopic (exact) mass is 269 g/mol. The fraction of sp³-hybridized carbons (Fsp3) is 0.143. The van der Waals surface area contributed by atoms with E-state index in [1.54, 1.807) is 0 Å². The maximum absolute atomic E-state index is 12.0. The van der Waals surface area contributed by atoms with Gasteiger partial charge in [0.1, 0.15) is 5.15 Å². The molecule has 0 fully saturated rings. The van der Waals surface area contributed by atoms with Crippen molar-refractivity contribution in [3.63, 3.8) is 0 Å². The Morgan fingerprint density at radius 1 is 1.62 bits per heavy atom. The lowest BCUT2D eigenvalue weighted by atomic mass is 10.2. The number of nitrogens with zero attached hydrogens (tertiary/aromatic N) is 1. The van der Waals surface area contributed by atoms with Gasteiger partial charge in [-0.1, -0.05) is 11.6 Å². The molecular weight excluding hydrogens is 267 g/mol. The Morgan fingerprint density at radius 2 is 2.23 bits per heavy atom. The first-order valence-corrected chi connectivity index (χ1v) is 4.33. The lowest BCUT2D eigenvalue weighted by Gasteiger charge is -2.01. The third kappa shape index (κ3) is 2.45. The maximum atomic E-state index is 12.0. The molecule has 0 aromatic carbocycles. The van der Waals surface area contributed by atoms with Crippen molar-refractivity contribution in [2.24, 2.45) is 0 Å². The number of halogens is 4. The molecule has 1 heterocycles. The van der Waals surface area contributed by atoms with Gasteiger partial charge in [-0.05, 0) is 22.0 Å². The minimum absolute atomic E-state index is 0.214. The van der Waals surface area contributed by atoms with E-state index in [0.717, 1.165) is 0 Å². The van der Waals surface area contributed by atoms with Crippen molar-refractivity contribution in [2.75, 3.05) is 0 Å². The van der Waals surface area contributed by atoms with Crippen molar-refractivity contribution in [3.05, 3.63) is 27.5 Å². The van der Waals surface area contributed by atoms with Crippen molar-refractivity contribution < 1.29 is 13.6 Å². The van der Waals surface area contributed by atoms with Crippen LogP contribution in [0.15, 0.2) is 16.7 Å². The number of ketones is 1. The number of pyridine rings is 1. The van der Waals surface area contributed by atoms with Gasteiger partial charge < -0.3 is 0 Å². The molecule has 0 aliphatic heterocycles. The summed E-state index contributed by atoms with van der Waals surface area (Å²) in [5.41, 5.74) is -0.272. The Kier molecular flexibility index (Phi) is 3.33. The highest BCUT2D eigenvalue weighted by molar-refractivity contribution is 9.10. The average Bonchev–Trinajstić information content (AvgIpc) is 2.08. The van der Waals surface area contributed by atoms with Gasteiger partial charge in [-0.2, -0.15) is 0 Å². The van der Waals surface area contributed by atoms with Crippen molar-refractivity contribution >= 4 is 33.3 Å². The van der Waals surface area contributed by atoms with Crippen LogP contribution in [0.2, 0.25) is 5.15 Å². The summed E-state index contributed by atoms with van der Waals surface area (Å²) in [4.78, 5) is 14.4. The molecule has 0 bridgehead atoms. The number of carbonyl (C=O) groups excluding carboxylic acids is 1. The molecule has 13 heavy (non-hydrogen) atoms. The minimum atomic E-state index is -3.06. The standard InChI is InChI=1S/C7H3BrClF2NO/c8-3-1-4(5(13)7(10)11)6(9)12-2-3/h1-2,7H. The Bertz CT molecular complexity index is 345. The summed E-state index contributed by atoms with van der Waals surface area (Å²) in [5, 5.41) is -0.214. The van der Waals surface area contributed by atoms with E-state index in [2.05, 4.69) is 20.9 Å². The van der Waals surface area contributed by atoms with Crippen LogP contribution in [0.4, 0.5) is 8.78 Å². The van der Waals surface area contributed by atoms with Gasteiger partial charge in [-0.15, -0.1) is 0 Å². The molecule has 0 radical (unpaired) electrons. The molecule has 0 atom stereocenters. The van der Waals surface area contributed by atoms with E-state index in [1.165, 1.54) is 12.3 Å². The highest BCUT2D eigenvalue weighted by Crippen LogP contribution is 2.20. The molecule has 70 valence electrons. The van der Waals surface area contributed by atoms with Gasteiger partial charge in [0.2, 0.25) is 5.78 Å². The lowest BCUT2D eigenvalue weighted by molar-refractivity contribution is 0.0678. The Hall–Kier alpha value is -0.550. The van der Waals surface area contributed by atoms with Crippen molar-refractivity contribution in [1.82, 2.24) is 4.98 Å². The number of hydrogen-bond acceptors (Lipinski definition) is 2. The molecule has 0 spiro atoms. The summed E-state index contributed by atoms with van der Waals surface area (Å²) in [5.74, 6) is -1.32. The molecule has 0 saturated heterocycles. The van der Waals surface area contributed by atoms with Crippen LogP contribution >= 0.6 is 27.5 Å². The van der Waals surface area contributed by atoms with E-state index in [9.17, 15) is 13.6 Å². The van der Waals surface area contributed by atoms with Crippen LogP contribution in [0.1, 0.15) is 10.4 Å². The second kappa shape index (κ2) is 4.11. The third-order valence-electron chi connectivity index (χ3n) is 1.27. The van der Waals surface area contributed by atoms with E-state index < -0.39 is 12.2 Å². The van der Waals surface area contributed by atoms with Gasteiger partial charge in [0, 0.05) is 10.7 Å². The SMILES string of the molecule is O=C(c1cc(Br)cnc1Cl)C(F)F. The van der Waals surface area contributed by atoms with Gasteiger partial charge in [0.25, 0.3) is 0 Å². The molecule has 0 unspecified atom stereocenters. The average molecular weight is 270 g/mol. The first-order valence-electron chi connectivity index (χ1n) is 3.16. The molecule has 6 heteroatoms. The van der Waals surface area contributed by atoms with Crippen molar-refractivity contribution in [2.45, 2.75) is 6.43 Å². The van der Waals surface area contributed by atoms with E-state index in [0.29, 0.717) is 4.47 Å². The topological polar surface area (TPSA) is 30.0 Å². The predicted molar refractivity (Wildman–Crippen MR) is 47.3 cm³/mol. The molecule has 0 saturated carbocycles. The zero-order valence-electron chi connectivity index (χ0n) is 6.10. The molecule has 1 rings (SSSR count). The number of carbonyl (C=O) groups is 1. The highest BCUT2D eigenvalue weighted by atomic mass is 79.9. The number of hydrogen-bond donors (Lipinski definition) is 0. The van der Waals surface area contributed by atoms with Crippen molar-refractivity contribution in [3.8, 4) is 0 Å². The second-order valence-electron chi connectivity index (χ2n) is 2.16. The molecule has 0 N–H and O–H groups in total. The van der Waals surface area contributed by atoms with Crippen molar-refractivity contribution in [1.29, 1.82) is 0 Å². The summed E-state index contributed by atoms with van der Waals surface area (Å²) in [6.45, 7) is 0. The number of alkyl halides is 2. The van der Waals surface area contributed by atoms with E-state index >= 15 is 0 Å². The molecule has 0 aliphatic carbocycles. The fourth-order valence-electron chi connectivity index (χ4n) is 0.713. The zero-order chi connectivity index (χ0) is 10.0. The van der Waals surface area contributed by atoms with Crippen LogP contribution in [0.25, 0.3) is 0 Å².